The van der Waals surface area contributed by atoms with E-state index >= 15 is 0 Å². The Labute approximate surface area is 191 Å². The number of rotatable bonds is 3. The molecule has 0 spiro atoms. The Morgan fingerprint density at radius 2 is 1.88 bits per heavy atom. The van der Waals surface area contributed by atoms with Crippen molar-refractivity contribution >= 4 is 17.6 Å². The van der Waals surface area contributed by atoms with Gasteiger partial charge in [-0.15, -0.1) is 0 Å². The van der Waals surface area contributed by atoms with Crippen LogP contribution in [0, 0.1) is 0 Å². The zero-order valence-corrected chi connectivity index (χ0v) is 18.0. The smallest absolute Gasteiger partial charge is 0.418 e. The van der Waals surface area contributed by atoms with Crippen LogP contribution in [-0.2, 0) is 15.7 Å². The summed E-state index contributed by atoms with van der Waals surface area (Å²) in [4.78, 5) is 28.5. The molecule has 186 valence electrons. The highest BCUT2D eigenvalue weighted by Gasteiger charge is 2.47. The molecule has 4 aliphatic rings. The molecular weight excluding hydrogens is 467 g/mol. The average Bonchev–Trinajstić information content (AvgIpc) is 2.72. The number of urea groups is 1. The number of nitrogens with one attached hydrogen (secondary N) is 1. The van der Waals surface area contributed by atoms with Gasteiger partial charge in [-0.1, -0.05) is 0 Å². The second-order valence-corrected chi connectivity index (χ2v) is 9.07. The fraction of sp³-hybridized carbons (Fsp3) is 0.619. The Bertz CT molecular complexity index is 976. The molecule has 0 bridgehead atoms. The van der Waals surface area contributed by atoms with Crippen LogP contribution in [0.1, 0.15) is 12.0 Å². The molecule has 0 radical (unpaired) electrons. The van der Waals surface area contributed by atoms with Crippen LogP contribution in [0.4, 0.5) is 32.4 Å². The van der Waals surface area contributed by atoms with E-state index in [1.165, 1.54) is 0 Å². The van der Waals surface area contributed by atoms with Crippen LogP contribution in [0.15, 0.2) is 18.2 Å². The Kier molecular flexibility index (Phi) is 5.49. The number of halogens is 5. The van der Waals surface area contributed by atoms with Gasteiger partial charge in [0.1, 0.15) is 18.5 Å². The van der Waals surface area contributed by atoms with E-state index in [9.17, 15) is 31.5 Å². The number of nitrogens with zero attached hydrogens (tertiary/aromatic N) is 3. The molecule has 13 heteroatoms. The van der Waals surface area contributed by atoms with Crippen LogP contribution in [0.5, 0.6) is 5.75 Å². The van der Waals surface area contributed by atoms with Gasteiger partial charge >= 0.3 is 12.2 Å². The molecule has 0 aliphatic carbocycles. The lowest BCUT2D eigenvalue weighted by Crippen LogP contribution is -2.65. The van der Waals surface area contributed by atoms with Gasteiger partial charge in [-0.3, -0.25) is 4.79 Å². The monoisotopic (exact) mass is 490 g/mol. The third-order valence-electron chi connectivity index (χ3n) is 6.48. The number of ether oxygens (including phenoxy) is 2. The fourth-order valence-corrected chi connectivity index (χ4v) is 4.70. The van der Waals surface area contributed by atoms with Gasteiger partial charge in [0.15, 0.2) is 0 Å². The predicted octanol–water partition coefficient (Wildman–Crippen LogP) is 1.93. The molecule has 2 atom stereocenters. The summed E-state index contributed by atoms with van der Waals surface area (Å²) in [5.74, 6) is -3.11. The van der Waals surface area contributed by atoms with Gasteiger partial charge in [0, 0.05) is 19.2 Å². The Morgan fingerprint density at radius 1 is 1.15 bits per heavy atom. The van der Waals surface area contributed by atoms with Crippen LogP contribution in [0.2, 0.25) is 0 Å². The number of amides is 3. The first-order valence-corrected chi connectivity index (χ1v) is 10.9. The zero-order valence-electron chi connectivity index (χ0n) is 18.0. The van der Waals surface area contributed by atoms with E-state index < -0.39 is 36.9 Å². The second kappa shape index (κ2) is 8.14. The van der Waals surface area contributed by atoms with Crippen molar-refractivity contribution in [1.82, 2.24) is 15.1 Å². The number of carbonyl (C=O) groups excluding carboxylic acids is 2. The summed E-state index contributed by atoms with van der Waals surface area (Å²) in [6, 6.07) is 2.64. The van der Waals surface area contributed by atoms with Crippen LogP contribution in [0.25, 0.3) is 0 Å². The number of fused-ring (bicyclic) bond motifs is 1. The molecule has 4 fully saturated rings. The van der Waals surface area contributed by atoms with Crippen molar-refractivity contribution in [1.29, 1.82) is 0 Å². The third kappa shape index (κ3) is 4.44. The van der Waals surface area contributed by atoms with Gasteiger partial charge < -0.3 is 29.5 Å². The van der Waals surface area contributed by atoms with Crippen LogP contribution >= 0.6 is 0 Å². The van der Waals surface area contributed by atoms with Gasteiger partial charge in [-0.2, -0.15) is 13.2 Å². The number of likely N-dealkylation sites (tertiary alicyclic amines) is 2. The molecule has 1 N–H and O–H groups in total. The predicted molar refractivity (Wildman–Crippen MR) is 108 cm³/mol. The topological polar surface area (TPSA) is 74.3 Å². The normalized spacial score (nSPS) is 26.9. The number of alkyl halides is 5. The summed E-state index contributed by atoms with van der Waals surface area (Å²) < 4.78 is 77.7. The average molecular weight is 490 g/mol. The summed E-state index contributed by atoms with van der Waals surface area (Å²) in [5.41, 5.74) is -1.34. The van der Waals surface area contributed by atoms with Crippen molar-refractivity contribution in [3.05, 3.63) is 23.8 Å². The number of hydrogen-bond acceptors (Lipinski definition) is 5. The Balaban J connectivity index is 1.18. The number of anilines is 1. The minimum absolute atomic E-state index is 0.0199. The van der Waals surface area contributed by atoms with E-state index in [-0.39, 0.29) is 55.2 Å². The fourth-order valence-electron chi connectivity index (χ4n) is 4.70. The number of piperidine rings is 1. The molecule has 8 nitrogen and oxygen atoms in total. The number of benzene rings is 1. The third-order valence-corrected chi connectivity index (χ3v) is 6.48. The number of morpholine rings is 1. The van der Waals surface area contributed by atoms with Crippen molar-refractivity contribution in [2.45, 2.75) is 36.8 Å². The molecule has 4 aliphatic heterocycles. The van der Waals surface area contributed by atoms with Gasteiger partial charge in [0.25, 0.3) is 5.92 Å². The van der Waals surface area contributed by atoms with Crippen LogP contribution < -0.4 is 15.0 Å². The zero-order chi connectivity index (χ0) is 24.3. The maximum Gasteiger partial charge on any atom is 0.418 e. The molecule has 4 saturated heterocycles. The lowest BCUT2D eigenvalue weighted by atomic mass is 10.0. The van der Waals surface area contributed by atoms with Gasteiger partial charge in [0.2, 0.25) is 5.91 Å². The molecule has 4 heterocycles. The van der Waals surface area contributed by atoms with Crippen molar-refractivity contribution in [3.63, 3.8) is 0 Å². The van der Waals surface area contributed by atoms with E-state index in [1.807, 2.05) is 0 Å². The Morgan fingerprint density at radius 3 is 2.56 bits per heavy atom. The highest BCUT2D eigenvalue weighted by atomic mass is 19.4. The van der Waals surface area contributed by atoms with E-state index in [2.05, 4.69) is 5.32 Å². The van der Waals surface area contributed by atoms with E-state index in [0.717, 1.165) is 23.1 Å². The number of carbonyl (C=O) groups is 2. The molecular formula is C21H23F5N4O4. The van der Waals surface area contributed by atoms with Crippen molar-refractivity contribution in [2.75, 3.05) is 50.8 Å². The lowest BCUT2D eigenvalue weighted by molar-refractivity contribution is -0.140. The minimum Gasteiger partial charge on any atom is -0.487 e. The van der Waals surface area contributed by atoms with Crippen molar-refractivity contribution in [2.24, 2.45) is 0 Å². The standard InChI is InChI=1S/C21H23F5N4O4/c22-20(23)10-30(11-20)16-5-12(1-2-14(16)21(24,25)26)34-13-6-29(7-13)19(32)28-4-3-17-15(8-28)27-18(31)9-33-17/h1-2,5,13,15,17H,3-4,6-11H2,(H,27,31)/t15-,17+/m1/s1. The SMILES string of the molecule is O=C1CO[C@H]2CCN(C(=O)N3CC(Oc4ccc(C(F)(F)F)c(N5CC(F)(F)C5)c4)C3)C[C@H]2N1. The quantitative estimate of drug-likeness (QED) is 0.656. The molecule has 34 heavy (non-hydrogen) atoms. The lowest BCUT2D eigenvalue weighted by Gasteiger charge is -2.46. The molecule has 5 rings (SSSR count). The first kappa shape index (κ1) is 22.9. The number of hydrogen-bond donors (Lipinski definition) is 1. The molecule has 0 unspecified atom stereocenters. The van der Waals surface area contributed by atoms with Gasteiger partial charge in [-0.25, -0.2) is 13.6 Å². The van der Waals surface area contributed by atoms with Crippen molar-refractivity contribution in [3.8, 4) is 5.75 Å². The molecule has 0 saturated carbocycles. The summed E-state index contributed by atoms with van der Waals surface area (Å²) >= 11 is 0. The van der Waals surface area contributed by atoms with Gasteiger partial charge in [-0.05, 0) is 18.6 Å². The van der Waals surface area contributed by atoms with E-state index in [1.54, 1.807) is 9.80 Å². The second-order valence-electron chi connectivity index (χ2n) is 9.07. The maximum atomic E-state index is 13.3. The molecule has 1 aromatic carbocycles. The van der Waals surface area contributed by atoms with Gasteiger partial charge in [0.05, 0.1) is 49.6 Å². The summed E-state index contributed by atoms with van der Waals surface area (Å²) in [6.45, 7) is -0.246. The first-order chi connectivity index (χ1) is 16.0. The summed E-state index contributed by atoms with van der Waals surface area (Å²) in [7, 11) is 0. The molecule has 3 amide bonds. The molecule has 1 aromatic rings. The largest absolute Gasteiger partial charge is 0.487 e. The van der Waals surface area contributed by atoms with Crippen molar-refractivity contribution < 1.29 is 41.0 Å². The first-order valence-electron chi connectivity index (χ1n) is 10.9. The summed E-state index contributed by atoms with van der Waals surface area (Å²) in [5, 5.41) is 2.83. The summed E-state index contributed by atoms with van der Waals surface area (Å²) in [6.07, 6.45) is -4.63. The van der Waals surface area contributed by atoms with E-state index in [0.29, 0.717) is 19.5 Å². The Hall–Kier alpha value is -2.83. The van der Waals surface area contributed by atoms with E-state index in [4.69, 9.17) is 9.47 Å². The minimum atomic E-state index is -4.69. The molecule has 0 aromatic heterocycles. The highest BCUT2D eigenvalue weighted by molar-refractivity contribution is 5.79. The van der Waals surface area contributed by atoms with Crippen LogP contribution in [0.3, 0.4) is 0 Å². The maximum absolute atomic E-state index is 13.3. The highest BCUT2D eigenvalue weighted by Crippen LogP contribution is 2.42. The van der Waals surface area contributed by atoms with Crippen LogP contribution in [-0.4, -0.2) is 91.8 Å².